The number of phenolic OH excluding ortho intramolecular Hbond substituents is 3. The molecule has 0 aliphatic heterocycles. The average molecular weight is 334 g/mol. The highest BCUT2D eigenvalue weighted by atomic mass is 16.7. The molecule has 1 atom stereocenters. The summed E-state index contributed by atoms with van der Waals surface area (Å²) in [6, 6.07) is 11.2. The summed E-state index contributed by atoms with van der Waals surface area (Å²) in [6.07, 6.45) is -0.0625. The van der Waals surface area contributed by atoms with Crippen LogP contribution in [0.4, 0.5) is 0 Å². The SMILES string of the molecule is Oc1ccc(CCNOCNCC(O)c2ccc(O)c(O)c2)cc1. The van der Waals surface area contributed by atoms with E-state index in [2.05, 4.69) is 10.8 Å². The molecule has 0 fully saturated rings. The zero-order chi connectivity index (χ0) is 17.4. The summed E-state index contributed by atoms with van der Waals surface area (Å²) < 4.78 is 0. The highest BCUT2D eigenvalue weighted by molar-refractivity contribution is 5.41. The average Bonchev–Trinajstić information content (AvgIpc) is 2.58. The van der Waals surface area contributed by atoms with E-state index >= 15 is 0 Å². The van der Waals surface area contributed by atoms with Gasteiger partial charge in [0.25, 0.3) is 0 Å². The Hall–Kier alpha value is -2.32. The van der Waals surface area contributed by atoms with Crippen molar-refractivity contribution in [1.82, 2.24) is 10.8 Å². The molecular weight excluding hydrogens is 312 g/mol. The monoisotopic (exact) mass is 334 g/mol. The molecule has 0 amide bonds. The first-order chi connectivity index (χ1) is 11.6. The minimum atomic E-state index is -0.822. The molecule has 0 radical (unpaired) electrons. The first-order valence-electron chi connectivity index (χ1n) is 7.59. The smallest absolute Gasteiger partial charge is 0.157 e. The van der Waals surface area contributed by atoms with Gasteiger partial charge in [0.1, 0.15) is 12.5 Å². The Morgan fingerprint density at radius 3 is 2.42 bits per heavy atom. The Kier molecular flexibility index (Phi) is 6.83. The molecule has 130 valence electrons. The highest BCUT2D eigenvalue weighted by Crippen LogP contribution is 2.27. The largest absolute Gasteiger partial charge is 0.508 e. The minimum absolute atomic E-state index is 0.205. The molecule has 6 N–H and O–H groups in total. The lowest BCUT2D eigenvalue weighted by Gasteiger charge is -2.13. The predicted octanol–water partition coefficient (Wildman–Crippen LogP) is 1.15. The van der Waals surface area contributed by atoms with E-state index in [1.165, 1.54) is 18.2 Å². The van der Waals surface area contributed by atoms with Crippen molar-refractivity contribution in [2.75, 3.05) is 19.8 Å². The molecule has 0 spiro atoms. The quantitative estimate of drug-likeness (QED) is 0.176. The van der Waals surface area contributed by atoms with Gasteiger partial charge in [-0.25, -0.2) is 5.48 Å². The number of hydroxylamine groups is 1. The van der Waals surface area contributed by atoms with Gasteiger partial charge < -0.3 is 20.4 Å². The van der Waals surface area contributed by atoms with Crippen LogP contribution in [0.25, 0.3) is 0 Å². The van der Waals surface area contributed by atoms with Crippen LogP contribution in [-0.2, 0) is 11.3 Å². The lowest BCUT2D eigenvalue weighted by Crippen LogP contribution is -2.29. The Labute approximate surface area is 140 Å². The number of hydrogen-bond donors (Lipinski definition) is 6. The molecule has 0 saturated carbocycles. The number of aromatic hydroxyl groups is 3. The molecule has 7 nitrogen and oxygen atoms in total. The molecule has 0 saturated heterocycles. The van der Waals surface area contributed by atoms with Gasteiger partial charge in [-0.2, -0.15) is 0 Å². The molecule has 0 bridgehead atoms. The molecule has 0 heterocycles. The van der Waals surface area contributed by atoms with Crippen molar-refractivity contribution in [3.05, 3.63) is 53.6 Å². The summed E-state index contributed by atoms with van der Waals surface area (Å²) in [7, 11) is 0. The standard InChI is InChI=1S/C17H22N2O5/c20-14-4-1-12(2-5-14)7-8-19-24-11-18-10-17(23)13-3-6-15(21)16(22)9-13/h1-6,9,17-23H,7-8,10-11H2. The van der Waals surface area contributed by atoms with Gasteiger partial charge in [-0.15, -0.1) is 0 Å². The third-order valence-electron chi connectivity index (χ3n) is 3.45. The van der Waals surface area contributed by atoms with Crippen molar-refractivity contribution >= 4 is 0 Å². The second kappa shape index (κ2) is 9.09. The Balaban J connectivity index is 1.57. The van der Waals surface area contributed by atoms with E-state index in [0.29, 0.717) is 12.1 Å². The second-order valence-corrected chi connectivity index (χ2v) is 5.32. The molecule has 1 unspecified atom stereocenters. The molecular formula is C17H22N2O5. The number of rotatable bonds is 9. The van der Waals surface area contributed by atoms with Crippen LogP contribution in [0.15, 0.2) is 42.5 Å². The van der Waals surface area contributed by atoms with Crippen LogP contribution in [0.1, 0.15) is 17.2 Å². The van der Waals surface area contributed by atoms with E-state index in [4.69, 9.17) is 4.84 Å². The number of benzene rings is 2. The maximum absolute atomic E-state index is 9.96. The summed E-state index contributed by atoms with van der Waals surface area (Å²) >= 11 is 0. The summed E-state index contributed by atoms with van der Waals surface area (Å²) in [5.74, 6) is -0.244. The Morgan fingerprint density at radius 2 is 1.71 bits per heavy atom. The molecule has 24 heavy (non-hydrogen) atoms. The number of aliphatic hydroxyl groups excluding tert-OH is 1. The Bertz CT molecular complexity index is 633. The van der Waals surface area contributed by atoms with Crippen LogP contribution in [0, 0.1) is 0 Å². The van der Waals surface area contributed by atoms with E-state index in [9.17, 15) is 20.4 Å². The minimum Gasteiger partial charge on any atom is -0.508 e. The number of phenols is 3. The third kappa shape index (κ3) is 5.71. The van der Waals surface area contributed by atoms with Crippen molar-refractivity contribution in [2.24, 2.45) is 0 Å². The Morgan fingerprint density at radius 1 is 0.958 bits per heavy atom. The first kappa shape index (κ1) is 18.0. The van der Waals surface area contributed by atoms with Crippen LogP contribution in [0.2, 0.25) is 0 Å². The fourth-order valence-corrected chi connectivity index (χ4v) is 2.09. The fourth-order valence-electron chi connectivity index (χ4n) is 2.09. The van der Waals surface area contributed by atoms with Gasteiger partial charge in [-0.3, -0.25) is 10.2 Å². The van der Waals surface area contributed by atoms with Gasteiger partial charge in [0.05, 0.1) is 6.10 Å². The lowest BCUT2D eigenvalue weighted by molar-refractivity contribution is 0.0228. The third-order valence-corrected chi connectivity index (χ3v) is 3.45. The van der Waals surface area contributed by atoms with Gasteiger partial charge in [0, 0.05) is 13.1 Å². The van der Waals surface area contributed by atoms with Gasteiger partial charge >= 0.3 is 0 Å². The van der Waals surface area contributed by atoms with E-state index < -0.39 is 6.10 Å². The molecule has 7 heteroatoms. The normalized spacial score (nSPS) is 12.2. The van der Waals surface area contributed by atoms with Crippen molar-refractivity contribution < 1.29 is 25.3 Å². The van der Waals surface area contributed by atoms with Crippen LogP contribution in [-0.4, -0.2) is 40.2 Å². The number of hydrogen-bond acceptors (Lipinski definition) is 7. The molecule has 0 aliphatic carbocycles. The van der Waals surface area contributed by atoms with Gasteiger partial charge in [0.15, 0.2) is 11.5 Å². The van der Waals surface area contributed by atoms with Crippen LogP contribution < -0.4 is 10.8 Å². The molecule has 2 aromatic rings. The summed E-state index contributed by atoms with van der Waals surface area (Å²) in [5.41, 5.74) is 4.38. The van der Waals surface area contributed by atoms with Crippen molar-refractivity contribution in [2.45, 2.75) is 12.5 Å². The molecule has 2 aromatic carbocycles. The maximum atomic E-state index is 9.96. The van der Waals surface area contributed by atoms with Gasteiger partial charge in [0.2, 0.25) is 0 Å². The van der Waals surface area contributed by atoms with Crippen LogP contribution in [0.3, 0.4) is 0 Å². The highest BCUT2D eigenvalue weighted by Gasteiger charge is 2.09. The lowest BCUT2D eigenvalue weighted by atomic mass is 10.1. The van der Waals surface area contributed by atoms with E-state index in [0.717, 1.165) is 12.0 Å². The predicted molar refractivity (Wildman–Crippen MR) is 88.5 cm³/mol. The zero-order valence-corrected chi connectivity index (χ0v) is 13.1. The second-order valence-electron chi connectivity index (χ2n) is 5.32. The van der Waals surface area contributed by atoms with Crippen molar-refractivity contribution in [1.29, 1.82) is 0 Å². The maximum Gasteiger partial charge on any atom is 0.157 e. The number of nitrogens with one attached hydrogen (secondary N) is 2. The molecule has 2 rings (SSSR count). The van der Waals surface area contributed by atoms with E-state index in [1.807, 2.05) is 12.1 Å². The van der Waals surface area contributed by atoms with Crippen LogP contribution >= 0.6 is 0 Å². The fraction of sp³-hybridized carbons (Fsp3) is 0.294. The van der Waals surface area contributed by atoms with E-state index in [1.54, 1.807) is 12.1 Å². The molecule has 0 aliphatic rings. The van der Waals surface area contributed by atoms with E-state index in [-0.39, 0.29) is 30.5 Å². The molecule has 0 aromatic heterocycles. The van der Waals surface area contributed by atoms with Gasteiger partial charge in [-0.05, 0) is 41.8 Å². The summed E-state index contributed by atoms with van der Waals surface area (Å²) in [5, 5.41) is 40.7. The number of aliphatic hydroxyl groups is 1. The first-order valence-corrected chi connectivity index (χ1v) is 7.59. The summed E-state index contributed by atoms with van der Waals surface area (Å²) in [4.78, 5) is 5.20. The summed E-state index contributed by atoms with van der Waals surface area (Å²) in [6.45, 7) is 1.06. The van der Waals surface area contributed by atoms with Gasteiger partial charge in [-0.1, -0.05) is 18.2 Å². The van der Waals surface area contributed by atoms with Crippen molar-refractivity contribution in [3.63, 3.8) is 0 Å². The zero-order valence-electron chi connectivity index (χ0n) is 13.1. The topological polar surface area (TPSA) is 114 Å². The van der Waals surface area contributed by atoms with Crippen molar-refractivity contribution in [3.8, 4) is 17.2 Å². The van der Waals surface area contributed by atoms with Crippen LogP contribution in [0.5, 0.6) is 17.2 Å².